The Kier molecular flexibility index (Phi) is 6.63. The zero-order chi connectivity index (χ0) is 16.9. The van der Waals surface area contributed by atoms with E-state index in [9.17, 15) is 9.59 Å². The number of carbonyl (C=O) groups excluding carboxylic acids is 2. The molecular formula is C19H34N2O2. The van der Waals surface area contributed by atoms with Crippen molar-refractivity contribution in [2.24, 2.45) is 5.41 Å². The number of hydrogen-bond acceptors (Lipinski definition) is 3. The van der Waals surface area contributed by atoms with Crippen molar-refractivity contribution < 1.29 is 9.59 Å². The summed E-state index contributed by atoms with van der Waals surface area (Å²) < 4.78 is 0. The molecule has 0 aromatic carbocycles. The quantitative estimate of drug-likeness (QED) is 0.673. The SMILES string of the molecule is CCN(CC)CCC[C@@H](C)N1C(=O)CC2(CCCCC2)CC1=O. The van der Waals surface area contributed by atoms with Gasteiger partial charge in [-0.25, -0.2) is 0 Å². The first-order valence-electron chi connectivity index (χ1n) is 9.58. The summed E-state index contributed by atoms with van der Waals surface area (Å²) in [4.78, 5) is 29.2. The number of hydrogen-bond donors (Lipinski definition) is 0. The number of likely N-dealkylation sites (tertiary alicyclic amines) is 1. The van der Waals surface area contributed by atoms with Gasteiger partial charge < -0.3 is 4.90 Å². The minimum atomic E-state index is 0.00383. The Balaban J connectivity index is 1.87. The van der Waals surface area contributed by atoms with Gasteiger partial charge in [-0.15, -0.1) is 0 Å². The Morgan fingerprint density at radius 2 is 1.61 bits per heavy atom. The number of piperidine rings is 1. The highest BCUT2D eigenvalue weighted by molar-refractivity contribution is 5.98. The molecule has 1 heterocycles. The molecule has 23 heavy (non-hydrogen) atoms. The molecule has 1 atom stereocenters. The van der Waals surface area contributed by atoms with Gasteiger partial charge in [0.1, 0.15) is 0 Å². The summed E-state index contributed by atoms with van der Waals surface area (Å²) in [6.07, 6.45) is 8.91. The molecule has 0 radical (unpaired) electrons. The van der Waals surface area contributed by atoms with Gasteiger partial charge >= 0.3 is 0 Å². The molecule has 1 saturated carbocycles. The maximum absolute atomic E-state index is 12.6. The van der Waals surface area contributed by atoms with Crippen molar-refractivity contribution in [1.29, 1.82) is 0 Å². The van der Waals surface area contributed by atoms with Crippen molar-refractivity contribution in [2.45, 2.75) is 84.6 Å². The molecule has 2 fully saturated rings. The molecule has 132 valence electrons. The highest BCUT2D eigenvalue weighted by Crippen LogP contribution is 2.45. The fourth-order valence-corrected chi connectivity index (χ4v) is 4.44. The van der Waals surface area contributed by atoms with Crippen LogP contribution in [0.2, 0.25) is 0 Å². The number of rotatable bonds is 7. The van der Waals surface area contributed by atoms with Gasteiger partial charge in [-0.05, 0) is 57.7 Å². The zero-order valence-electron chi connectivity index (χ0n) is 15.3. The van der Waals surface area contributed by atoms with Crippen LogP contribution in [0.25, 0.3) is 0 Å². The highest BCUT2D eigenvalue weighted by Gasteiger charge is 2.45. The molecule has 0 aromatic rings. The molecule has 2 rings (SSSR count). The lowest BCUT2D eigenvalue weighted by atomic mass is 9.67. The largest absolute Gasteiger partial charge is 0.304 e. The molecule has 0 unspecified atom stereocenters. The second-order valence-electron chi connectivity index (χ2n) is 7.59. The van der Waals surface area contributed by atoms with Crippen LogP contribution < -0.4 is 0 Å². The van der Waals surface area contributed by atoms with Crippen LogP contribution in [-0.4, -0.2) is 47.3 Å². The van der Waals surface area contributed by atoms with E-state index in [2.05, 4.69) is 18.7 Å². The van der Waals surface area contributed by atoms with Crippen LogP contribution in [-0.2, 0) is 9.59 Å². The van der Waals surface area contributed by atoms with E-state index in [0.29, 0.717) is 12.8 Å². The third-order valence-corrected chi connectivity index (χ3v) is 5.94. The maximum atomic E-state index is 12.6. The Morgan fingerprint density at radius 1 is 1.04 bits per heavy atom. The van der Waals surface area contributed by atoms with E-state index in [1.807, 2.05) is 6.92 Å². The number of carbonyl (C=O) groups is 2. The predicted octanol–water partition coefficient (Wildman–Crippen LogP) is 3.60. The summed E-state index contributed by atoms with van der Waals surface area (Å²) in [5.74, 6) is 0.164. The van der Waals surface area contributed by atoms with Gasteiger partial charge in [0.15, 0.2) is 0 Å². The van der Waals surface area contributed by atoms with Gasteiger partial charge in [0.2, 0.25) is 11.8 Å². The van der Waals surface area contributed by atoms with Crippen LogP contribution >= 0.6 is 0 Å². The topological polar surface area (TPSA) is 40.6 Å². The van der Waals surface area contributed by atoms with Crippen molar-refractivity contribution in [3.8, 4) is 0 Å². The monoisotopic (exact) mass is 322 g/mol. The van der Waals surface area contributed by atoms with Crippen molar-refractivity contribution in [2.75, 3.05) is 19.6 Å². The van der Waals surface area contributed by atoms with Crippen LogP contribution in [0.1, 0.15) is 78.6 Å². The van der Waals surface area contributed by atoms with E-state index in [1.54, 1.807) is 4.90 Å². The maximum Gasteiger partial charge on any atom is 0.229 e. The molecule has 4 heteroatoms. The van der Waals surface area contributed by atoms with Crippen molar-refractivity contribution in [1.82, 2.24) is 9.80 Å². The van der Waals surface area contributed by atoms with Crippen LogP contribution in [0.5, 0.6) is 0 Å². The fraction of sp³-hybridized carbons (Fsp3) is 0.895. The van der Waals surface area contributed by atoms with E-state index in [4.69, 9.17) is 0 Å². The lowest BCUT2D eigenvalue weighted by molar-refractivity contribution is -0.157. The summed E-state index contributed by atoms with van der Waals surface area (Å²) in [7, 11) is 0. The van der Waals surface area contributed by atoms with Crippen LogP contribution in [0.3, 0.4) is 0 Å². The zero-order valence-corrected chi connectivity index (χ0v) is 15.3. The third-order valence-electron chi connectivity index (χ3n) is 5.94. The van der Waals surface area contributed by atoms with E-state index >= 15 is 0 Å². The minimum Gasteiger partial charge on any atom is -0.304 e. The van der Waals surface area contributed by atoms with Gasteiger partial charge in [-0.2, -0.15) is 0 Å². The molecule has 1 aliphatic heterocycles. The molecule has 0 N–H and O–H groups in total. The van der Waals surface area contributed by atoms with Crippen molar-refractivity contribution in [3.05, 3.63) is 0 Å². The molecule has 1 aliphatic carbocycles. The number of amides is 2. The van der Waals surface area contributed by atoms with E-state index in [-0.39, 0.29) is 23.3 Å². The molecule has 0 bridgehead atoms. The standard InChI is InChI=1S/C19H34N2O2/c1-4-20(5-2)13-9-10-16(3)21-17(22)14-19(15-18(21)23)11-7-6-8-12-19/h16H,4-15H2,1-3H3/t16-/m1/s1. The van der Waals surface area contributed by atoms with E-state index in [1.165, 1.54) is 19.3 Å². The number of nitrogens with zero attached hydrogens (tertiary/aromatic N) is 2. The molecule has 2 aliphatic rings. The van der Waals surface area contributed by atoms with E-state index < -0.39 is 0 Å². The summed E-state index contributed by atoms with van der Waals surface area (Å²) in [5, 5.41) is 0. The summed E-state index contributed by atoms with van der Waals surface area (Å²) in [6, 6.07) is 0.0477. The molecular weight excluding hydrogens is 288 g/mol. The molecule has 0 aromatic heterocycles. The molecule has 1 saturated heterocycles. The Bertz CT molecular complexity index is 392. The Hall–Kier alpha value is -0.900. The molecule has 1 spiro atoms. The van der Waals surface area contributed by atoms with Crippen LogP contribution in [0, 0.1) is 5.41 Å². The van der Waals surface area contributed by atoms with Crippen LogP contribution in [0.4, 0.5) is 0 Å². The van der Waals surface area contributed by atoms with Gasteiger partial charge in [0.05, 0.1) is 0 Å². The Labute approximate surface area is 141 Å². The van der Waals surface area contributed by atoms with Crippen molar-refractivity contribution in [3.63, 3.8) is 0 Å². The normalized spacial score (nSPS) is 22.9. The first-order chi connectivity index (χ1) is 11.0. The summed E-state index contributed by atoms with van der Waals surface area (Å²) in [6.45, 7) is 9.57. The van der Waals surface area contributed by atoms with E-state index in [0.717, 1.165) is 45.3 Å². The fourth-order valence-electron chi connectivity index (χ4n) is 4.44. The minimum absolute atomic E-state index is 0.00383. The second-order valence-corrected chi connectivity index (χ2v) is 7.59. The van der Waals surface area contributed by atoms with Crippen molar-refractivity contribution >= 4 is 11.8 Å². The second kappa shape index (κ2) is 8.27. The van der Waals surface area contributed by atoms with Crippen LogP contribution in [0.15, 0.2) is 0 Å². The third kappa shape index (κ3) is 4.56. The molecule has 2 amide bonds. The smallest absolute Gasteiger partial charge is 0.229 e. The lowest BCUT2D eigenvalue weighted by Gasteiger charge is -2.44. The summed E-state index contributed by atoms with van der Waals surface area (Å²) >= 11 is 0. The van der Waals surface area contributed by atoms with Gasteiger partial charge in [0, 0.05) is 18.9 Å². The Morgan fingerprint density at radius 3 is 2.13 bits per heavy atom. The van der Waals surface area contributed by atoms with Gasteiger partial charge in [0.25, 0.3) is 0 Å². The van der Waals surface area contributed by atoms with Gasteiger partial charge in [-0.1, -0.05) is 33.1 Å². The highest BCUT2D eigenvalue weighted by atomic mass is 16.2. The first-order valence-corrected chi connectivity index (χ1v) is 9.58. The first kappa shape index (κ1) is 18.4. The molecule has 4 nitrogen and oxygen atoms in total. The average Bonchev–Trinajstić information content (AvgIpc) is 2.51. The number of imide groups is 1. The lowest BCUT2D eigenvalue weighted by Crippen LogP contribution is -2.52. The van der Waals surface area contributed by atoms with Gasteiger partial charge in [-0.3, -0.25) is 14.5 Å². The average molecular weight is 322 g/mol. The summed E-state index contributed by atoms with van der Waals surface area (Å²) in [5.41, 5.74) is 0.00383. The predicted molar refractivity (Wildman–Crippen MR) is 93.1 cm³/mol.